The first-order valence-corrected chi connectivity index (χ1v) is 2.97. The van der Waals surface area contributed by atoms with E-state index in [0.29, 0.717) is 5.76 Å². The average molecular weight is 136 g/mol. The van der Waals surface area contributed by atoms with Crippen molar-refractivity contribution in [3.05, 3.63) is 36.3 Å². The van der Waals surface area contributed by atoms with Gasteiger partial charge in [-0.1, -0.05) is 6.58 Å². The summed E-state index contributed by atoms with van der Waals surface area (Å²) in [6.07, 6.45) is 1.23. The van der Waals surface area contributed by atoms with E-state index in [9.17, 15) is 4.79 Å². The highest BCUT2D eigenvalue weighted by molar-refractivity contribution is 6.01. The molecule has 0 aliphatic carbocycles. The summed E-state index contributed by atoms with van der Waals surface area (Å²) < 4.78 is 5.02. The molecule has 1 aromatic rings. The molecular weight excluding hydrogens is 128 g/mol. The fourth-order valence-corrected chi connectivity index (χ4v) is 0.668. The van der Waals surface area contributed by atoms with E-state index < -0.39 is 0 Å². The van der Waals surface area contributed by atoms with Crippen LogP contribution in [0.15, 0.2) is 29.2 Å². The summed E-state index contributed by atoms with van der Waals surface area (Å²) in [5.41, 5.74) is 0. The molecule has 2 heteroatoms. The van der Waals surface area contributed by atoms with Crippen LogP contribution in [0.2, 0.25) is 0 Å². The molecule has 0 aliphatic heterocycles. The van der Waals surface area contributed by atoms with E-state index in [2.05, 4.69) is 6.58 Å². The van der Waals surface area contributed by atoms with Gasteiger partial charge in [0.05, 0.1) is 0 Å². The fourth-order valence-electron chi connectivity index (χ4n) is 0.668. The van der Waals surface area contributed by atoms with Crippen LogP contribution >= 0.6 is 0 Å². The van der Waals surface area contributed by atoms with Gasteiger partial charge in [0.25, 0.3) is 0 Å². The zero-order valence-electron chi connectivity index (χ0n) is 5.76. The quantitative estimate of drug-likeness (QED) is 0.459. The Morgan fingerprint density at radius 3 is 2.80 bits per heavy atom. The first-order valence-electron chi connectivity index (χ1n) is 2.97. The van der Waals surface area contributed by atoms with Crippen LogP contribution in [-0.2, 0) is 0 Å². The lowest BCUT2D eigenvalue weighted by Gasteiger charge is -1.84. The second-order valence-electron chi connectivity index (χ2n) is 1.98. The van der Waals surface area contributed by atoms with Gasteiger partial charge in [0, 0.05) is 0 Å². The van der Waals surface area contributed by atoms with Crippen LogP contribution in [0.5, 0.6) is 0 Å². The van der Waals surface area contributed by atoms with Crippen LogP contribution in [-0.4, -0.2) is 5.78 Å². The van der Waals surface area contributed by atoms with Crippen LogP contribution in [0, 0.1) is 6.92 Å². The van der Waals surface area contributed by atoms with E-state index in [1.165, 1.54) is 6.08 Å². The maximum Gasteiger partial charge on any atom is 0.220 e. The van der Waals surface area contributed by atoms with Gasteiger partial charge in [-0.3, -0.25) is 4.79 Å². The Morgan fingerprint density at radius 2 is 2.40 bits per heavy atom. The summed E-state index contributed by atoms with van der Waals surface area (Å²) >= 11 is 0. The molecule has 2 nitrogen and oxygen atoms in total. The van der Waals surface area contributed by atoms with Crippen LogP contribution < -0.4 is 0 Å². The third-order valence-corrected chi connectivity index (χ3v) is 1.17. The molecule has 0 fully saturated rings. The highest BCUT2D eigenvalue weighted by Crippen LogP contribution is 2.06. The van der Waals surface area contributed by atoms with Crippen molar-refractivity contribution >= 4 is 5.78 Å². The largest absolute Gasteiger partial charge is 0.458 e. The lowest BCUT2D eigenvalue weighted by Crippen LogP contribution is -1.88. The normalized spacial score (nSPS) is 9.30. The highest BCUT2D eigenvalue weighted by Gasteiger charge is 2.03. The molecule has 0 amide bonds. The van der Waals surface area contributed by atoms with E-state index in [0.717, 1.165) is 5.76 Å². The zero-order chi connectivity index (χ0) is 7.56. The second kappa shape index (κ2) is 2.52. The Labute approximate surface area is 59.2 Å². The molecule has 0 aliphatic rings. The number of furan rings is 1. The van der Waals surface area contributed by atoms with Crippen LogP contribution in [0.1, 0.15) is 16.3 Å². The number of ketones is 1. The molecule has 0 unspecified atom stereocenters. The van der Waals surface area contributed by atoms with Gasteiger partial charge in [0.15, 0.2) is 5.76 Å². The Kier molecular flexibility index (Phi) is 1.71. The summed E-state index contributed by atoms with van der Waals surface area (Å²) in [5.74, 6) is 0.922. The number of carbonyl (C=O) groups is 1. The SMILES string of the molecule is C=CC(=O)c1ccc(C)o1. The van der Waals surface area contributed by atoms with Gasteiger partial charge in [-0.25, -0.2) is 0 Å². The average Bonchev–Trinajstić information content (AvgIpc) is 2.34. The smallest absolute Gasteiger partial charge is 0.220 e. The number of carbonyl (C=O) groups excluding carboxylic acids is 1. The maximum atomic E-state index is 10.8. The third-order valence-electron chi connectivity index (χ3n) is 1.17. The molecule has 0 radical (unpaired) electrons. The number of rotatable bonds is 2. The minimum atomic E-state index is -0.173. The topological polar surface area (TPSA) is 30.2 Å². The van der Waals surface area contributed by atoms with Crippen molar-refractivity contribution in [2.75, 3.05) is 0 Å². The van der Waals surface area contributed by atoms with Gasteiger partial charge in [-0.15, -0.1) is 0 Å². The van der Waals surface area contributed by atoms with E-state index in [4.69, 9.17) is 4.42 Å². The summed E-state index contributed by atoms with van der Waals surface area (Å²) in [5, 5.41) is 0. The first kappa shape index (κ1) is 6.81. The highest BCUT2D eigenvalue weighted by atomic mass is 16.3. The molecule has 0 bridgehead atoms. The molecule has 1 rings (SSSR count). The standard InChI is InChI=1S/C8H8O2/c1-3-7(9)8-5-4-6(2)10-8/h3-5H,1H2,2H3. The Hall–Kier alpha value is -1.31. The minimum absolute atomic E-state index is 0.173. The Bertz CT molecular complexity index is 258. The Morgan fingerprint density at radius 1 is 1.70 bits per heavy atom. The summed E-state index contributed by atoms with van der Waals surface area (Å²) in [7, 11) is 0. The minimum Gasteiger partial charge on any atom is -0.458 e. The van der Waals surface area contributed by atoms with Gasteiger partial charge in [0.1, 0.15) is 5.76 Å². The molecule has 1 aromatic heterocycles. The lowest BCUT2D eigenvalue weighted by molar-refractivity contribution is 0.102. The summed E-state index contributed by atoms with van der Waals surface area (Å²) in [6.45, 7) is 5.13. The first-order chi connectivity index (χ1) is 4.74. The van der Waals surface area contributed by atoms with Gasteiger partial charge in [0.2, 0.25) is 5.78 Å². The molecule has 0 aromatic carbocycles. The third kappa shape index (κ3) is 1.16. The van der Waals surface area contributed by atoms with Crippen molar-refractivity contribution < 1.29 is 9.21 Å². The van der Waals surface area contributed by atoms with E-state index in [1.807, 2.05) is 0 Å². The van der Waals surface area contributed by atoms with Gasteiger partial charge >= 0.3 is 0 Å². The monoisotopic (exact) mass is 136 g/mol. The predicted octanol–water partition coefficient (Wildman–Crippen LogP) is 1.96. The van der Waals surface area contributed by atoms with E-state index in [-0.39, 0.29) is 5.78 Å². The molecular formula is C8H8O2. The molecule has 0 atom stereocenters. The van der Waals surface area contributed by atoms with E-state index in [1.54, 1.807) is 19.1 Å². The van der Waals surface area contributed by atoms with E-state index >= 15 is 0 Å². The Balaban J connectivity index is 2.95. The molecule has 0 saturated heterocycles. The lowest BCUT2D eigenvalue weighted by atomic mass is 10.3. The molecule has 0 saturated carbocycles. The number of hydrogen-bond donors (Lipinski definition) is 0. The van der Waals surface area contributed by atoms with Crippen molar-refractivity contribution in [2.24, 2.45) is 0 Å². The molecule has 52 valence electrons. The van der Waals surface area contributed by atoms with Gasteiger partial charge in [-0.05, 0) is 25.1 Å². The molecule has 0 spiro atoms. The van der Waals surface area contributed by atoms with Crippen molar-refractivity contribution in [1.82, 2.24) is 0 Å². The number of aryl methyl sites for hydroxylation is 1. The summed E-state index contributed by atoms with van der Waals surface area (Å²) in [4.78, 5) is 10.8. The van der Waals surface area contributed by atoms with Crippen LogP contribution in [0.25, 0.3) is 0 Å². The molecule has 1 heterocycles. The maximum absolute atomic E-state index is 10.8. The number of allylic oxidation sites excluding steroid dienone is 1. The second-order valence-corrected chi connectivity index (χ2v) is 1.98. The van der Waals surface area contributed by atoms with Crippen molar-refractivity contribution in [3.63, 3.8) is 0 Å². The summed E-state index contributed by atoms with van der Waals surface area (Å²) in [6, 6.07) is 3.38. The van der Waals surface area contributed by atoms with Gasteiger partial charge in [-0.2, -0.15) is 0 Å². The van der Waals surface area contributed by atoms with Crippen LogP contribution in [0.3, 0.4) is 0 Å². The molecule has 10 heavy (non-hydrogen) atoms. The van der Waals surface area contributed by atoms with Crippen molar-refractivity contribution in [3.8, 4) is 0 Å². The fraction of sp³-hybridized carbons (Fsp3) is 0.125. The van der Waals surface area contributed by atoms with Crippen molar-refractivity contribution in [2.45, 2.75) is 6.92 Å². The van der Waals surface area contributed by atoms with Gasteiger partial charge < -0.3 is 4.42 Å². The van der Waals surface area contributed by atoms with Crippen LogP contribution in [0.4, 0.5) is 0 Å². The predicted molar refractivity (Wildman–Crippen MR) is 38.0 cm³/mol. The van der Waals surface area contributed by atoms with Crippen molar-refractivity contribution in [1.29, 1.82) is 0 Å². The zero-order valence-corrected chi connectivity index (χ0v) is 5.76. The number of hydrogen-bond acceptors (Lipinski definition) is 2. The molecule has 0 N–H and O–H groups in total.